The first-order chi connectivity index (χ1) is 4.38. The number of hydrogen-bond donors (Lipinski definition) is 3. The van der Waals surface area contributed by atoms with Crippen LogP contribution in [0.1, 0.15) is 19.3 Å². The molecular weight excluding hydrogens is 114 g/mol. The molecule has 0 amide bonds. The Hall–Kier alpha value is -0.120. The number of hydrogen-bond acceptors (Lipinski definition) is 3. The lowest BCUT2D eigenvalue weighted by atomic mass is 9.83. The Balaban J connectivity index is 2.19. The van der Waals surface area contributed by atoms with Crippen LogP contribution in [0.2, 0.25) is 0 Å². The zero-order chi connectivity index (χ0) is 6.69. The van der Waals surface area contributed by atoms with Gasteiger partial charge in [0.1, 0.15) is 0 Å². The highest BCUT2D eigenvalue weighted by Gasteiger charge is 2.24. The van der Waals surface area contributed by atoms with Crippen molar-refractivity contribution in [1.82, 2.24) is 10.7 Å². The standard InChI is InChI=1S/C6H15N3/c1-8-6(9-7)5-3-2-4-5/h5-6,8-9H,2-4,7H2,1H3. The highest BCUT2D eigenvalue weighted by Crippen LogP contribution is 2.27. The van der Waals surface area contributed by atoms with Crippen molar-refractivity contribution in [3.63, 3.8) is 0 Å². The fourth-order valence-corrected chi connectivity index (χ4v) is 1.23. The summed E-state index contributed by atoms with van der Waals surface area (Å²) in [5.41, 5.74) is 2.74. The Labute approximate surface area is 56.0 Å². The average Bonchev–Trinajstić information content (AvgIpc) is 1.78. The zero-order valence-electron chi connectivity index (χ0n) is 5.85. The van der Waals surface area contributed by atoms with Gasteiger partial charge in [-0.05, 0) is 25.8 Å². The Bertz CT molecular complexity index is 76.4. The van der Waals surface area contributed by atoms with Crippen LogP contribution in [-0.4, -0.2) is 13.2 Å². The Morgan fingerprint density at radius 3 is 2.33 bits per heavy atom. The van der Waals surface area contributed by atoms with Crippen molar-refractivity contribution in [1.29, 1.82) is 0 Å². The van der Waals surface area contributed by atoms with Crippen LogP contribution in [0, 0.1) is 5.92 Å². The van der Waals surface area contributed by atoms with Crippen molar-refractivity contribution in [3.05, 3.63) is 0 Å². The maximum atomic E-state index is 5.28. The maximum absolute atomic E-state index is 5.28. The van der Waals surface area contributed by atoms with E-state index in [4.69, 9.17) is 5.84 Å². The third-order valence-corrected chi connectivity index (χ3v) is 2.11. The van der Waals surface area contributed by atoms with Crippen LogP contribution < -0.4 is 16.6 Å². The van der Waals surface area contributed by atoms with Crippen LogP contribution in [0.5, 0.6) is 0 Å². The Morgan fingerprint density at radius 2 is 2.22 bits per heavy atom. The zero-order valence-corrected chi connectivity index (χ0v) is 5.85. The lowest BCUT2D eigenvalue weighted by Crippen LogP contribution is -2.51. The largest absolute Gasteiger partial charge is 0.304 e. The molecule has 1 fully saturated rings. The van der Waals surface area contributed by atoms with Gasteiger partial charge in [0, 0.05) is 0 Å². The second-order valence-corrected chi connectivity index (χ2v) is 2.62. The minimum Gasteiger partial charge on any atom is -0.304 e. The molecule has 0 heterocycles. The van der Waals surface area contributed by atoms with Gasteiger partial charge >= 0.3 is 0 Å². The van der Waals surface area contributed by atoms with Crippen molar-refractivity contribution in [2.75, 3.05) is 7.05 Å². The molecule has 0 aromatic heterocycles. The van der Waals surface area contributed by atoms with E-state index in [0.717, 1.165) is 5.92 Å². The van der Waals surface area contributed by atoms with E-state index in [-0.39, 0.29) is 0 Å². The number of nitrogens with two attached hydrogens (primary N) is 1. The molecule has 1 aliphatic carbocycles. The second kappa shape index (κ2) is 3.15. The van der Waals surface area contributed by atoms with E-state index in [1.807, 2.05) is 7.05 Å². The van der Waals surface area contributed by atoms with E-state index < -0.39 is 0 Å². The number of nitrogens with one attached hydrogen (secondary N) is 2. The molecule has 54 valence electrons. The minimum atomic E-state index is 0.332. The van der Waals surface area contributed by atoms with Crippen LogP contribution in [0.15, 0.2) is 0 Å². The first-order valence-electron chi connectivity index (χ1n) is 3.52. The normalized spacial score (nSPS) is 23.3. The first-order valence-corrected chi connectivity index (χ1v) is 3.52. The summed E-state index contributed by atoms with van der Waals surface area (Å²) in [5.74, 6) is 6.05. The molecule has 0 aromatic rings. The van der Waals surface area contributed by atoms with Gasteiger partial charge in [-0.1, -0.05) is 6.42 Å². The summed E-state index contributed by atoms with van der Waals surface area (Å²) in [6.07, 6.45) is 4.33. The van der Waals surface area contributed by atoms with Crippen LogP contribution in [0.4, 0.5) is 0 Å². The Kier molecular flexibility index (Phi) is 2.45. The molecule has 1 rings (SSSR count). The SMILES string of the molecule is CNC(NN)C1CCC1. The molecule has 1 unspecified atom stereocenters. The van der Waals surface area contributed by atoms with Gasteiger partial charge in [-0.15, -0.1) is 0 Å². The molecule has 1 aliphatic rings. The van der Waals surface area contributed by atoms with Gasteiger partial charge in [-0.25, -0.2) is 5.43 Å². The van der Waals surface area contributed by atoms with Gasteiger partial charge in [0.25, 0.3) is 0 Å². The van der Waals surface area contributed by atoms with Gasteiger partial charge in [-0.3, -0.25) is 5.84 Å². The summed E-state index contributed by atoms with van der Waals surface area (Å²) >= 11 is 0. The minimum absolute atomic E-state index is 0.332. The summed E-state index contributed by atoms with van der Waals surface area (Å²) in [6.45, 7) is 0. The van der Waals surface area contributed by atoms with Gasteiger partial charge in [-0.2, -0.15) is 0 Å². The molecule has 0 radical (unpaired) electrons. The molecule has 0 bridgehead atoms. The molecule has 0 saturated heterocycles. The van der Waals surface area contributed by atoms with E-state index in [2.05, 4.69) is 10.7 Å². The summed E-state index contributed by atoms with van der Waals surface area (Å²) in [6, 6.07) is 0. The van der Waals surface area contributed by atoms with E-state index in [1.165, 1.54) is 19.3 Å². The van der Waals surface area contributed by atoms with E-state index in [1.54, 1.807) is 0 Å². The molecule has 9 heavy (non-hydrogen) atoms. The average molecular weight is 129 g/mol. The lowest BCUT2D eigenvalue weighted by Gasteiger charge is -2.32. The summed E-state index contributed by atoms with van der Waals surface area (Å²) in [4.78, 5) is 0. The van der Waals surface area contributed by atoms with Crippen molar-refractivity contribution >= 4 is 0 Å². The van der Waals surface area contributed by atoms with Gasteiger partial charge in [0.15, 0.2) is 0 Å². The van der Waals surface area contributed by atoms with Crippen molar-refractivity contribution in [2.24, 2.45) is 11.8 Å². The first kappa shape index (κ1) is 6.99. The molecular formula is C6H15N3. The number of hydrazine groups is 1. The van der Waals surface area contributed by atoms with E-state index in [0.29, 0.717) is 6.17 Å². The van der Waals surface area contributed by atoms with Gasteiger partial charge in [0.05, 0.1) is 6.17 Å². The molecule has 1 saturated carbocycles. The highest BCUT2D eigenvalue weighted by molar-refractivity contribution is 4.78. The summed E-state index contributed by atoms with van der Waals surface area (Å²) in [7, 11) is 1.93. The second-order valence-electron chi connectivity index (χ2n) is 2.62. The summed E-state index contributed by atoms with van der Waals surface area (Å²) in [5, 5.41) is 3.12. The van der Waals surface area contributed by atoms with Crippen LogP contribution in [0.25, 0.3) is 0 Å². The predicted molar refractivity (Wildman–Crippen MR) is 37.5 cm³/mol. The fourth-order valence-electron chi connectivity index (χ4n) is 1.23. The van der Waals surface area contributed by atoms with Gasteiger partial charge in [0.2, 0.25) is 0 Å². The molecule has 0 aliphatic heterocycles. The van der Waals surface area contributed by atoms with Crippen molar-refractivity contribution in [2.45, 2.75) is 25.4 Å². The van der Waals surface area contributed by atoms with Crippen LogP contribution in [-0.2, 0) is 0 Å². The Morgan fingerprint density at radius 1 is 1.56 bits per heavy atom. The molecule has 0 aromatic carbocycles. The topological polar surface area (TPSA) is 50.1 Å². The predicted octanol–water partition coefficient (Wildman–Crippen LogP) is -0.205. The molecule has 0 spiro atoms. The summed E-state index contributed by atoms with van der Waals surface area (Å²) < 4.78 is 0. The fraction of sp³-hybridized carbons (Fsp3) is 1.00. The van der Waals surface area contributed by atoms with E-state index >= 15 is 0 Å². The van der Waals surface area contributed by atoms with Crippen LogP contribution >= 0.6 is 0 Å². The monoisotopic (exact) mass is 129 g/mol. The smallest absolute Gasteiger partial charge is 0.0727 e. The third-order valence-electron chi connectivity index (χ3n) is 2.11. The highest BCUT2D eigenvalue weighted by atomic mass is 15.3. The number of rotatable bonds is 3. The quantitative estimate of drug-likeness (QED) is 0.281. The lowest BCUT2D eigenvalue weighted by molar-refractivity contribution is 0.208. The van der Waals surface area contributed by atoms with Crippen molar-refractivity contribution in [3.8, 4) is 0 Å². The maximum Gasteiger partial charge on any atom is 0.0727 e. The van der Waals surface area contributed by atoms with E-state index in [9.17, 15) is 0 Å². The van der Waals surface area contributed by atoms with Crippen molar-refractivity contribution < 1.29 is 0 Å². The van der Waals surface area contributed by atoms with Gasteiger partial charge < -0.3 is 5.32 Å². The molecule has 3 heteroatoms. The molecule has 3 nitrogen and oxygen atoms in total. The molecule has 4 N–H and O–H groups in total. The third kappa shape index (κ3) is 1.41. The molecule has 1 atom stereocenters. The van der Waals surface area contributed by atoms with Crippen LogP contribution in [0.3, 0.4) is 0 Å².